The van der Waals surface area contributed by atoms with Crippen LogP contribution in [0.25, 0.3) is 22.2 Å². The van der Waals surface area contributed by atoms with Crippen molar-refractivity contribution in [3.05, 3.63) is 84.2 Å². The minimum absolute atomic E-state index is 0.0182. The topological polar surface area (TPSA) is 120 Å². The number of imidazole rings is 1. The van der Waals surface area contributed by atoms with Crippen LogP contribution in [0.1, 0.15) is 63.8 Å². The van der Waals surface area contributed by atoms with E-state index in [1.165, 1.54) is 6.26 Å². The number of sulfone groups is 1. The van der Waals surface area contributed by atoms with E-state index < -0.39 is 27.6 Å². The molecule has 1 N–H and O–H groups in total. The number of hydrogen-bond donors (Lipinski definition) is 1. The summed E-state index contributed by atoms with van der Waals surface area (Å²) in [6.45, 7) is 8.11. The van der Waals surface area contributed by atoms with Crippen molar-refractivity contribution >= 4 is 32.9 Å². The minimum atomic E-state index is -3.28. The van der Waals surface area contributed by atoms with Crippen LogP contribution < -0.4 is 5.32 Å². The first kappa shape index (κ1) is 36.1. The van der Waals surface area contributed by atoms with Crippen LogP contribution in [0, 0.1) is 0 Å². The van der Waals surface area contributed by atoms with E-state index in [-0.39, 0.29) is 23.1 Å². The van der Waals surface area contributed by atoms with Gasteiger partial charge >= 0.3 is 6.09 Å². The standard InChI is InChI=1S/C38H48N4O6S/c1-38(2,3)48-37(44)39-31(24-27-13-15-28(16-14-27)29-17-19-32(20-18-29)49(5,45)46)25-35(43)41-21-8-10-30(26-41)36-40-33-11-6-7-12-34(33)42(36)22-9-23-47-4/h6-7,11-20,30-31H,8-10,21-26H2,1-5H3,(H,39,44)/t30-,31-/m1/s1. The van der Waals surface area contributed by atoms with Gasteiger partial charge in [-0.25, -0.2) is 18.2 Å². The van der Waals surface area contributed by atoms with E-state index in [9.17, 15) is 18.0 Å². The van der Waals surface area contributed by atoms with Crippen molar-refractivity contribution in [1.82, 2.24) is 19.8 Å². The number of alkyl carbamates (subject to hydrolysis) is 1. The zero-order chi connectivity index (χ0) is 35.2. The second-order valence-corrected chi connectivity index (χ2v) is 15.9. The SMILES string of the molecule is COCCCn1c([C@@H]2CCCN(C(=O)C[C@@H](Cc3ccc(-c4ccc(S(C)(=O)=O)cc4)cc3)NC(=O)OC(C)(C)C)C2)nc2ccccc21. The lowest BCUT2D eigenvalue weighted by molar-refractivity contribution is -0.133. The molecule has 262 valence electrons. The van der Waals surface area contributed by atoms with E-state index in [0.29, 0.717) is 26.1 Å². The summed E-state index contributed by atoms with van der Waals surface area (Å²) < 4.78 is 36.9. The highest BCUT2D eigenvalue weighted by Gasteiger charge is 2.30. The number of carbonyl (C=O) groups excluding carboxylic acids is 2. The van der Waals surface area contributed by atoms with E-state index >= 15 is 0 Å². The molecule has 0 radical (unpaired) electrons. The number of likely N-dealkylation sites (tertiary alicyclic amines) is 1. The number of nitrogens with zero attached hydrogens (tertiary/aromatic N) is 3. The number of carbonyl (C=O) groups is 2. The van der Waals surface area contributed by atoms with Crippen molar-refractivity contribution in [1.29, 1.82) is 0 Å². The summed E-state index contributed by atoms with van der Waals surface area (Å²) >= 11 is 0. The fraction of sp³-hybridized carbons (Fsp3) is 0.447. The van der Waals surface area contributed by atoms with Gasteiger partial charge in [0.15, 0.2) is 9.84 Å². The van der Waals surface area contributed by atoms with Gasteiger partial charge in [0.1, 0.15) is 11.4 Å². The molecule has 1 saturated heterocycles. The second-order valence-electron chi connectivity index (χ2n) is 13.9. The van der Waals surface area contributed by atoms with Gasteiger partial charge in [0.05, 0.1) is 15.9 Å². The molecule has 2 atom stereocenters. The Morgan fingerprint density at radius 3 is 2.33 bits per heavy atom. The van der Waals surface area contributed by atoms with Crippen LogP contribution >= 0.6 is 0 Å². The number of nitrogens with one attached hydrogen (secondary N) is 1. The molecule has 11 heteroatoms. The third-order valence-corrected chi connectivity index (χ3v) is 9.88. The molecule has 1 fully saturated rings. The molecule has 2 heterocycles. The van der Waals surface area contributed by atoms with E-state index in [4.69, 9.17) is 14.5 Å². The number of benzene rings is 3. The summed E-state index contributed by atoms with van der Waals surface area (Å²) in [5.41, 5.74) is 4.15. The van der Waals surface area contributed by atoms with Crippen LogP contribution in [0.4, 0.5) is 4.79 Å². The summed E-state index contributed by atoms with van der Waals surface area (Å²) in [7, 11) is -1.57. The number of methoxy groups -OCH3 is 1. The number of ether oxygens (including phenoxy) is 2. The average Bonchev–Trinajstić information content (AvgIpc) is 3.42. The van der Waals surface area contributed by atoms with E-state index in [0.717, 1.165) is 59.4 Å². The number of hydrogen-bond acceptors (Lipinski definition) is 7. The normalized spacial score (nSPS) is 16.0. The Kier molecular flexibility index (Phi) is 11.4. The lowest BCUT2D eigenvalue weighted by Gasteiger charge is -2.34. The Morgan fingerprint density at radius 2 is 1.67 bits per heavy atom. The number of amides is 2. The lowest BCUT2D eigenvalue weighted by Crippen LogP contribution is -2.46. The highest BCUT2D eigenvalue weighted by atomic mass is 32.2. The Labute approximate surface area is 289 Å². The van der Waals surface area contributed by atoms with Gasteiger partial charge in [-0.3, -0.25) is 4.79 Å². The van der Waals surface area contributed by atoms with Gasteiger partial charge in [-0.1, -0.05) is 48.5 Å². The predicted octanol–water partition coefficient (Wildman–Crippen LogP) is 6.38. The molecule has 0 saturated carbocycles. The molecule has 1 aliphatic heterocycles. The van der Waals surface area contributed by atoms with Crippen molar-refractivity contribution in [2.45, 2.75) is 81.9 Å². The smallest absolute Gasteiger partial charge is 0.407 e. The van der Waals surface area contributed by atoms with Crippen LogP contribution in [0.2, 0.25) is 0 Å². The third-order valence-electron chi connectivity index (χ3n) is 8.75. The third kappa shape index (κ3) is 9.70. The van der Waals surface area contributed by atoms with Crippen LogP contribution in [0.5, 0.6) is 0 Å². The molecule has 49 heavy (non-hydrogen) atoms. The molecule has 0 bridgehead atoms. The highest BCUT2D eigenvalue weighted by molar-refractivity contribution is 7.90. The van der Waals surface area contributed by atoms with Gasteiger partial charge in [-0.15, -0.1) is 0 Å². The first-order chi connectivity index (χ1) is 23.3. The van der Waals surface area contributed by atoms with Crippen LogP contribution in [0.3, 0.4) is 0 Å². The Balaban J connectivity index is 1.30. The van der Waals surface area contributed by atoms with Gasteiger partial charge in [0.2, 0.25) is 5.91 Å². The summed E-state index contributed by atoms with van der Waals surface area (Å²) in [6.07, 6.45) is 3.88. The molecule has 0 unspecified atom stereocenters. The predicted molar refractivity (Wildman–Crippen MR) is 191 cm³/mol. The maximum atomic E-state index is 13.9. The zero-order valence-electron chi connectivity index (χ0n) is 29.1. The summed E-state index contributed by atoms with van der Waals surface area (Å²) in [5.74, 6) is 1.09. The summed E-state index contributed by atoms with van der Waals surface area (Å²) in [6, 6.07) is 22.3. The Morgan fingerprint density at radius 1 is 1.00 bits per heavy atom. The van der Waals surface area contributed by atoms with Crippen LogP contribution in [-0.2, 0) is 37.1 Å². The van der Waals surface area contributed by atoms with Gasteiger partial charge in [0, 0.05) is 58.0 Å². The van der Waals surface area contributed by atoms with E-state index in [2.05, 4.69) is 16.0 Å². The molecule has 0 aliphatic carbocycles. The van der Waals surface area contributed by atoms with Crippen molar-refractivity contribution in [2.75, 3.05) is 33.1 Å². The van der Waals surface area contributed by atoms with Gasteiger partial charge in [-0.05, 0) is 87.4 Å². The van der Waals surface area contributed by atoms with Crippen molar-refractivity contribution < 1.29 is 27.5 Å². The molecule has 2 amide bonds. The summed E-state index contributed by atoms with van der Waals surface area (Å²) in [5, 5.41) is 2.96. The van der Waals surface area contributed by atoms with Crippen LogP contribution in [-0.4, -0.2) is 79.6 Å². The van der Waals surface area contributed by atoms with Gasteiger partial charge in [0.25, 0.3) is 0 Å². The molecule has 5 rings (SSSR count). The number of fused-ring (bicyclic) bond motifs is 1. The number of rotatable bonds is 12. The maximum absolute atomic E-state index is 13.9. The Hall–Kier alpha value is -4.22. The number of piperidine rings is 1. The lowest BCUT2D eigenvalue weighted by atomic mass is 9.95. The summed E-state index contributed by atoms with van der Waals surface area (Å²) in [4.78, 5) is 34.0. The average molecular weight is 689 g/mol. The first-order valence-electron chi connectivity index (χ1n) is 16.9. The Bertz CT molecular complexity index is 1850. The molecule has 0 spiro atoms. The first-order valence-corrected chi connectivity index (χ1v) is 18.8. The zero-order valence-corrected chi connectivity index (χ0v) is 30.0. The quantitative estimate of drug-likeness (QED) is 0.172. The van der Waals surface area contributed by atoms with Crippen molar-refractivity contribution in [3.8, 4) is 11.1 Å². The molecule has 10 nitrogen and oxygen atoms in total. The molecule has 4 aromatic rings. The molecular formula is C38H48N4O6S. The van der Waals surface area contributed by atoms with Crippen LogP contribution in [0.15, 0.2) is 77.7 Å². The van der Waals surface area contributed by atoms with E-state index in [1.807, 2.05) is 68.1 Å². The van der Waals surface area contributed by atoms with E-state index in [1.54, 1.807) is 31.4 Å². The fourth-order valence-corrected chi connectivity index (χ4v) is 7.05. The monoisotopic (exact) mass is 688 g/mol. The number of aromatic nitrogens is 2. The molecule has 3 aromatic carbocycles. The maximum Gasteiger partial charge on any atom is 0.407 e. The molecule has 1 aromatic heterocycles. The number of aryl methyl sites for hydroxylation is 1. The minimum Gasteiger partial charge on any atom is -0.444 e. The highest BCUT2D eigenvalue weighted by Crippen LogP contribution is 2.30. The fourth-order valence-electron chi connectivity index (χ4n) is 6.42. The second kappa shape index (κ2) is 15.6. The molecule has 1 aliphatic rings. The van der Waals surface area contributed by atoms with Gasteiger partial charge in [-0.2, -0.15) is 0 Å². The number of para-hydroxylation sites is 2. The molecular weight excluding hydrogens is 641 g/mol. The van der Waals surface area contributed by atoms with Crippen molar-refractivity contribution in [3.63, 3.8) is 0 Å². The van der Waals surface area contributed by atoms with Crippen molar-refractivity contribution in [2.24, 2.45) is 0 Å². The van der Waals surface area contributed by atoms with Gasteiger partial charge < -0.3 is 24.3 Å². The largest absolute Gasteiger partial charge is 0.444 e.